The third-order valence-corrected chi connectivity index (χ3v) is 7.24. The summed E-state index contributed by atoms with van der Waals surface area (Å²) in [5.41, 5.74) is 0.156. The number of amides is 1. The van der Waals surface area contributed by atoms with Crippen molar-refractivity contribution in [1.82, 2.24) is 9.62 Å². The van der Waals surface area contributed by atoms with E-state index in [9.17, 15) is 17.6 Å². The molecule has 0 bridgehead atoms. The minimum atomic E-state index is -3.37. The summed E-state index contributed by atoms with van der Waals surface area (Å²) in [6.45, 7) is 6.42. The number of rotatable bonds is 8. The number of benzene rings is 2. The smallest absolute Gasteiger partial charge is 0.411 e. The number of hydrogen-bond acceptors (Lipinski definition) is 4. The van der Waals surface area contributed by atoms with Gasteiger partial charge in [0.2, 0.25) is 10.0 Å². The molecule has 0 aromatic heterocycles. The number of halogens is 2. The summed E-state index contributed by atoms with van der Waals surface area (Å²) >= 11 is 3.43. The highest BCUT2D eigenvalue weighted by Gasteiger charge is 2.46. The number of carbonyl (C=O) groups is 1. The maximum Gasteiger partial charge on any atom is 0.411 e. The molecule has 3 rings (SSSR count). The summed E-state index contributed by atoms with van der Waals surface area (Å²) in [6.07, 6.45) is 1.53. The summed E-state index contributed by atoms with van der Waals surface area (Å²) in [5.74, 6) is -0.375. The number of nitrogens with one attached hydrogen (secondary N) is 1. The van der Waals surface area contributed by atoms with Crippen LogP contribution in [0.3, 0.4) is 0 Å². The molecule has 2 aromatic carbocycles. The van der Waals surface area contributed by atoms with Crippen LogP contribution >= 0.6 is 15.9 Å². The molecule has 6 nitrogen and oxygen atoms in total. The van der Waals surface area contributed by atoms with Gasteiger partial charge >= 0.3 is 6.09 Å². The summed E-state index contributed by atoms with van der Waals surface area (Å²) in [7, 11) is -3.37. The van der Waals surface area contributed by atoms with Gasteiger partial charge < -0.3 is 9.64 Å². The Bertz CT molecular complexity index is 1090. The average molecular weight is 541 g/mol. The molecule has 0 radical (unpaired) electrons. The van der Waals surface area contributed by atoms with Crippen LogP contribution in [0.25, 0.3) is 0 Å². The zero-order valence-electron chi connectivity index (χ0n) is 19.3. The van der Waals surface area contributed by atoms with E-state index in [4.69, 9.17) is 4.74 Å². The highest BCUT2D eigenvalue weighted by Crippen LogP contribution is 2.44. The minimum Gasteiger partial charge on any atom is -0.438 e. The molecule has 1 aliphatic heterocycles. The molecule has 9 heteroatoms. The highest BCUT2D eigenvalue weighted by atomic mass is 79.9. The third kappa shape index (κ3) is 6.55. The second-order valence-corrected chi connectivity index (χ2v) is 12.2. The fourth-order valence-corrected chi connectivity index (χ4v) is 5.20. The lowest BCUT2D eigenvalue weighted by molar-refractivity contribution is -0.0819. The van der Waals surface area contributed by atoms with E-state index in [1.165, 1.54) is 12.1 Å². The van der Waals surface area contributed by atoms with Gasteiger partial charge in [-0.3, -0.25) is 0 Å². The summed E-state index contributed by atoms with van der Waals surface area (Å²) < 4.78 is 46.5. The predicted octanol–water partition coefficient (Wildman–Crippen LogP) is 5.35. The van der Waals surface area contributed by atoms with Gasteiger partial charge in [0.15, 0.2) is 0 Å². The minimum absolute atomic E-state index is 0.184. The number of nitrogens with zero attached hydrogens (tertiary/aromatic N) is 1. The molecule has 1 N–H and O–H groups in total. The quantitative estimate of drug-likeness (QED) is 0.489. The largest absolute Gasteiger partial charge is 0.438 e. The monoisotopic (exact) mass is 540 g/mol. The fourth-order valence-electron chi connectivity index (χ4n) is 4.29. The molecule has 0 spiro atoms. The number of cyclic esters (lactones) is 1. The van der Waals surface area contributed by atoms with Crippen LogP contribution in [0, 0.1) is 11.2 Å². The lowest BCUT2D eigenvalue weighted by Crippen LogP contribution is -2.51. The van der Waals surface area contributed by atoms with Crippen molar-refractivity contribution in [1.29, 1.82) is 0 Å². The van der Waals surface area contributed by atoms with Crippen LogP contribution in [0.4, 0.5) is 9.18 Å². The molecule has 1 saturated heterocycles. The molecule has 1 amide bonds. The molecule has 0 saturated carbocycles. The van der Waals surface area contributed by atoms with Gasteiger partial charge in [-0.15, -0.1) is 0 Å². The van der Waals surface area contributed by atoms with Gasteiger partial charge in [0.05, 0.1) is 12.3 Å². The second kappa shape index (κ2) is 9.72. The first kappa shape index (κ1) is 25.6. The van der Waals surface area contributed by atoms with E-state index in [0.717, 1.165) is 16.3 Å². The normalized spacial score (nSPS) is 20.4. The number of ether oxygens (including phenoxy) is 1. The molecule has 1 heterocycles. The second-order valence-electron chi connectivity index (χ2n) is 9.47. The van der Waals surface area contributed by atoms with Crippen molar-refractivity contribution < 1.29 is 22.3 Å². The highest BCUT2D eigenvalue weighted by molar-refractivity contribution is 9.10. The molecule has 0 aliphatic carbocycles. The van der Waals surface area contributed by atoms with E-state index in [2.05, 4.69) is 20.7 Å². The Labute approximate surface area is 203 Å². The lowest BCUT2D eigenvalue weighted by atomic mass is 9.74. The van der Waals surface area contributed by atoms with Crippen molar-refractivity contribution in [3.05, 3.63) is 69.9 Å². The Hall–Kier alpha value is -1.97. The van der Waals surface area contributed by atoms with Crippen LogP contribution in [0.5, 0.6) is 0 Å². The van der Waals surface area contributed by atoms with Gasteiger partial charge in [0.1, 0.15) is 11.4 Å². The molecule has 1 aliphatic rings. The first-order valence-electron chi connectivity index (χ1n) is 10.8. The summed E-state index contributed by atoms with van der Waals surface area (Å²) in [6, 6.07) is 13.6. The molecule has 1 unspecified atom stereocenters. The van der Waals surface area contributed by atoms with Crippen molar-refractivity contribution in [3.63, 3.8) is 0 Å². The zero-order chi connectivity index (χ0) is 24.4. The molecule has 2 aromatic rings. The Balaban J connectivity index is 1.87. The average Bonchev–Trinajstić information content (AvgIpc) is 2.72. The van der Waals surface area contributed by atoms with E-state index >= 15 is 0 Å². The third-order valence-electron chi connectivity index (χ3n) is 6.04. The van der Waals surface area contributed by atoms with Gasteiger partial charge in [-0.2, -0.15) is 0 Å². The molecule has 2 atom stereocenters. The Morgan fingerprint density at radius 2 is 1.79 bits per heavy atom. The predicted molar refractivity (Wildman–Crippen MR) is 130 cm³/mol. The van der Waals surface area contributed by atoms with Crippen LogP contribution in [-0.4, -0.2) is 38.8 Å². The van der Waals surface area contributed by atoms with Crippen LogP contribution < -0.4 is 4.72 Å². The Morgan fingerprint density at radius 3 is 2.33 bits per heavy atom. The molecule has 33 heavy (non-hydrogen) atoms. The number of sulfonamides is 1. The Kier molecular flexibility index (Phi) is 7.55. The zero-order valence-corrected chi connectivity index (χ0v) is 21.7. The van der Waals surface area contributed by atoms with E-state index in [-0.39, 0.29) is 18.4 Å². The van der Waals surface area contributed by atoms with Crippen LogP contribution in [-0.2, 0) is 20.4 Å². The maximum atomic E-state index is 13.6. The first-order valence-corrected chi connectivity index (χ1v) is 13.4. The van der Waals surface area contributed by atoms with Gasteiger partial charge in [-0.05, 0) is 54.2 Å². The van der Waals surface area contributed by atoms with E-state index in [0.29, 0.717) is 24.9 Å². The van der Waals surface area contributed by atoms with E-state index < -0.39 is 27.1 Å². The standard InChI is InChI=1S/C24H30BrFN2O4S/c1-17(18-5-9-20(25)10-6-18)28-14-13-24(32-22(28)29,19-7-11-21(26)12-8-19)15-23(2,3)16-27-33(4,30)31/h5-12,17,27H,13-16H2,1-4H3/t17-,24?/m0/s1. The van der Waals surface area contributed by atoms with Crippen LogP contribution in [0.2, 0.25) is 0 Å². The van der Waals surface area contributed by atoms with Gasteiger partial charge in [0, 0.05) is 24.0 Å². The van der Waals surface area contributed by atoms with Crippen molar-refractivity contribution >= 4 is 32.0 Å². The van der Waals surface area contributed by atoms with Gasteiger partial charge in [0.25, 0.3) is 0 Å². The van der Waals surface area contributed by atoms with E-state index in [1.54, 1.807) is 17.0 Å². The van der Waals surface area contributed by atoms with Crippen molar-refractivity contribution in [2.75, 3.05) is 19.3 Å². The molecular weight excluding hydrogens is 511 g/mol. The van der Waals surface area contributed by atoms with Crippen molar-refractivity contribution in [2.24, 2.45) is 5.41 Å². The maximum absolute atomic E-state index is 13.6. The molecule has 180 valence electrons. The lowest BCUT2D eigenvalue weighted by Gasteiger charge is -2.46. The SMILES string of the molecule is C[C@@H](c1ccc(Br)cc1)N1CCC(CC(C)(C)CNS(C)(=O)=O)(c2ccc(F)cc2)OC1=O. The van der Waals surface area contributed by atoms with Gasteiger partial charge in [-0.1, -0.05) is 54.0 Å². The topological polar surface area (TPSA) is 75.7 Å². The molecular formula is C24H30BrFN2O4S. The van der Waals surface area contributed by atoms with Crippen LogP contribution in [0.1, 0.15) is 50.8 Å². The van der Waals surface area contributed by atoms with E-state index in [1.807, 2.05) is 45.0 Å². The Morgan fingerprint density at radius 1 is 1.18 bits per heavy atom. The van der Waals surface area contributed by atoms with Crippen molar-refractivity contribution in [2.45, 2.75) is 45.3 Å². The molecule has 1 fully saturated rings. The first-order chi connectivity index (χ1) is 15.3. The number of carbonyl (C=O) groups excluding carboxylic acids is 1. The van der Waals surface area contributed by atoms with Crippen molar-refractivity contribution in [3.8, 4) is 0 Å². The summed E-state index contributed by atoms with van der Waals surface area (Å²) in [4.78, 5) is 14.9. The summed E-state index contributed by atoms with van der Waals surface area (Å²) in [5, 5.41) is 0. The van der Waals surface area contributed by atoms with Gasteiger partial charge in [-0.25, -0.2) is 22.3 Å². The fraction of sp³-hybridized carbons (Fsp3) is 0.458. The van der Waals surface area contributed by atoms with Crippen LogP contribution in [0.15, 0.2) is 53.0 Å². The number of hydrogen-bond donors (Lipinski definition) is 1.